The first-order valence-electron chi connectivity index (χ1n) is 6.10. The van der Waals surface area contributed by atoms with E-state index >= 15 is 0 Å². The number of rotatable bonds is 6. The Hall–Kier alpha value is -1.69. The first-order valence-corrected chi connectivity index (χ1v) is 6.50. The summed E-state index contributed by atoms with van der Waals surface area (Å²) in [5.74, 6) is 0.238. The number of pyridine rings is 1. The number of carbonyl (C=O) groups is 1. The number of ether oxygens (including phenoxy) is 1. The molecule has 6 heteroatoms. The van der Waals surface area contributed by atoms with Crippen LogP contribution in [0.1, 0.15) is 24.2 Å². The molecule has 5 nitrogen and oxygen atoms in total. The molecule has 1 aromatic rings. The summed E-state index contributed by atoms with van der Waals surface area (Å²) >= 11 is 4.95. The number of esters is 1. The third kappa shape index (κ3) is 4.17. The van der Waals surface area contributed by atoms with Gasteiger partial charge in [-0.25, -0.2) is 9.78 Å². The average Bonchev–Trinajstić information content (AvgIpc) is 2.38. The van der Waals surface area contributed by atoms with Crippen LogP contribution in [0.25, 0.3) is 0 Å². The number of nitrogens with zero attached hydrogens (tertiary/aromatic N) is 2. The molecule has 0 aliphatic carbocycles. The van der Waals surface area contributed by atoms with Gasteiger partial charge < -0.3 is 15.4 Å². The number of aromatic nitrogens is 1. The molecule has 0 fully saturated rings. The van der Waals surface area contributed by atoms with Crippen molar-refractivity contribution in [3.05, 3.63) is 23.9 Å². The first kappa shape index (κ1) is 15.4. The van der Waals surface area contributed by atoms with Crippen LogP contribution in [0.3, 0.4) is 0 Å². The van der Waals surface area contributed by atoms with Gasteiger partial charge in [0.1, 0.15) is 11.4 Å². The first-order chi connectivity index (χ1) is 8.97. The lowest BCUT2D eigenvalue weighted by molar-refractivity contribution is 0.0526. The fourth-order valence-corrected chi connectivity index (χ4v) is 1.73. The van der Waals surface area contributed by atoms with Gasteiger partial charge in [-0.15, -0.1) is 0 Å². The van der Waals surface area contributed by atoms with Gasteiger partial charge in [0, 0.05) is 25.7 Å². The van der Waals surface area contributed by atoms with Gasteiger partial charge in [0.2, 0.25) is 0 Å². The average molecular weight is 281 g/mol. The lowest BCUT2D eigenvalue weighted by Gasteiger charge is -2.23. The molecule has 19 heavy (non-hydrogen) atoms. The molecule has 0 aliphatic heterocycles. The Bertz CT molecular complexity index is 465. The van der Waals surface area contributed by atoms with Crippen molar-refractivity contribution in [2.45, 2.75) is 13.8 Å². The summed E-state index contributed by atoms with van der Waals surface area (Å²) in [5, 5.41) is 0. The zero-order valence-corrected chi connectivity index (χ0v) is 12.2. The van der Waals surface area contributed by atoms with Gasteiger partial charge in [-0.1, -0.05) is 19.1 Å². The minimum absolute atomic E-state index is 0.0389. The minimum atomic E-state index is -0.375. The van der Waals surface area contributed by atoms with Crippen LogP contribution in [0.4, 0.5) is 5.82 Å². The Balaban J connectivity index is 2.93. The minimum Gasteiger partial charge on any atom is -0.462 e. The van der Waals surface area contributed by atoms with Crippen molar-refractivity contribution >= 4 is 29.0 Å². The highest BCUT2D eigenvalue weighted by atomic mass is 32.1. The number of nitrogens with two attached hydrogens (primary N) is 1. The maximum absolute atomic E-state index is 11.9. The number of hydrogen-bond donors (Lipinski definition) is 1. The summed E-state index contributed by atoms with van der Waals surface area (Å²) in [6.45, 7) is 4.64. The van der Waals surface area contributed by atoms with Crippen LogP contribution < -0.4 is 10.6 Å². The lowest BCUT2D eigenvalue weighted by atomic mass is 10.1. The van der Waals surface area contributed by atoms with Crippen LogP contribution in [0, 0.1) is 5.92 Å². The second-order valence-corrected chi connectivity index (χ2v) is 4.75. The van der Waals surface area contributed by atoms with Gasteiger partial charge >= 0.3 is 5.97 Å². The Morgan fingerprint density at radius 1 is 1.63 bits per heavy atom. The highest BCUT2D eigenvalue weighted by molar-refractivity contribution is 7.80. The van der Waals surface area contributed by atoms with E-state index in [0.717, 1.165) is 0 Å². The fraction of sp³-hybridized carbons (Fsp3) is 0.462. The van der Waals surface area contributed by atoms with Crippen molar-refractivity contribution in [3.8, 4) is 0 Å². The summed E-state index contributed by atoms with van der Waals surface area (Å²) in [4.78, 5) is 18.4. The zero-order valence-electron chi connectivity index (χ0n) is 11.4. The van der Waals surface area contributed by atoms with Gasteiger partial charge in [-0.2, -0.15) is 0 Å². The van der Waals surface area contributed by atoms with Crippen LogP contribution in [0.15, 0.2) is 18.3 Å². The van der Waals surface area contributed by atoms with Gasteiger partial charge in [0.05, 0.1) is 11.6 Å². The molecular formula is C13H19N3O2S. The van der Waals surface area contributed by atoms with Crippen molar-refractivity contribution in [2.75, 3.05) is 25.1 Å². The molecule has 1 aromatic heterocycles. The molecule has 0 spiro atoms. The Kier molecular flexibility index (Phi) is 5.69. The maximum atomic E-state index is 11.9. The van der Waals surface area contributed by atoms with E-state index in [9.17, 15) is 4.79 Å². The molecule has 0 radical (unpaired) electrons. The second kappa shape index (κ2) is 7.04. The molecule has 1 rings (SSSR count). The highest BCUT2D eigenvalue weighted by Crippen LogP contribution is 2.18. The molecule has 104 valence electrons. The molecule has 0 bridgehead atoms. The highest BCUT2D eigenvalue weighted by Gasteiger charge is 2.18. The number of thiocarbonyl (C=S) groups is 1. The normalized spacial score (nSPS) is 11.7. The van der Waals surface area contributed by atoms with Gasteiger partial charge in [-0.05, 0) is 19.1 Å². The summed E-state index contributed by atoms with van der Waals surface area (Å²) in [6.07, 6.45) is 1.64. The summed E-state index contributed by atoms with van der Waals surface area (Å²) in [7, 11) is 1.85. The van der Waals surface area contributed by atoms with E-state index in [1.165, 1.54) is 0 Å². The van der Waals surface area contributed by atoms with Crippen molar-refractivity contribution < 1.29 is 9.53 Å². The molecule has 2 N–H and O–H groups in total. The molecule has 1 heterocycles. The largest absolute Gasteiger partial charge is 0.462 e. The van der Waals surface area contributed by atoms with Crippen LogP contribution in [0.5, 0.6) is 0 Å². The molecule has 0 saturated heterocycles. The zero-order chi connectivity index (χ0) is 14.4. The van der Waals surface area contributed by atoms with E-state index in [1.807, 2.05) is 18.9 Å². The number of carbonyl (C=O) groups excluding carboxylic acids is 1. The van der Waals surface area contributed by atoms with E-state index in [2.05, 4.69) is 4.98 Å². The summed E-state index contributed by atoms with van der Waals surface area (Å²) in [5.41, 5.74) is 6.05. The number of hydrogen-bond acceptors (Lipinski definition) is 5. The third-order valence-electron chi connectivity index (χ3n) is 2.68. The molecule has 0 amide bonds. The fourth-order valence-electron chi connectivity index (χ4n) is 1.66. The molecule has 1 atom stereocenters. The summed E-state index contributed by atoms with van der Waals surface area (Å²) < 4.78 is 5.02. The van der Waals surface area contributed by atoms with Gasteiger partial charge in [-0.3, -0.25) is 0 Å². The van der Waals surface area contributed by atoms with Crippen molar-refractivity contribution in [1.29, 1.82) is 0 Å². The summed E-state index contributed by atoms with van der Waals surface area (Å²) in [6, 6.07) is 3.41. The molecule has 0 saturated carbocycles. The van der Waals surface area contributed by atoms with E-state index < -0.39 is 0 Å². The van der Waals surface area contributed by atoms with Crippen LogP contribution in [-0.4, -0.2) is 36.1 Å². The quantitative estimate of drug-likeness (QED) is 0.631. The van der Waals surface area contributed by atoms with Crippen LogP contribution in [-0.2, 0) is 4.74 Å². The van der Waals surface area contributed by atoms with E-state index in [4.69, 9.17) is 22.7 Å². The predicted molar refractivity (Wildman–Crippen MR) is 79.4 cm³/mol. The van der Waals surface area contributed by atoms with Crippen LogP contribution >= 0.6 is 12.2 Å². The van der Waals surface area contributed by atoms with E-state index in [1.54, 1.807) is 25.3 Å². The SMILES string of the molecule is CCOC(=O)c1cccnc1N(C)CC(C)C(N)=S. The topological polar surface area (TPSA) is 68.5 Å². The number of anilines is 1. The Labute approximate surface area is 118 Å². The standard InChI is InChI=1S/C13H19N3O2S/c1-4-18-13(17)10-6-5-7-15-12(10)16(3)8-9(2)11(14)19/h5-7,9H,4,8H2,1-3H3,(H2,14,19). The van der Waals surface area contributed by atoms with Gasteiger partial charge in [0.25, 0.3) is 0 Å². The monoisotopic (exact) mass is 281 g/mol. The predicted octanol–water partition coefficient (Wildman–Crippen LogP) is 1.62. The lowest BCUT2D eigenvalue weighted by Crippen LogP contribution is -2.32. The van der Waals surface area contributed by atoms with Crippen LogP contribution in [0.2, 0.25) is 0 Å². The van der Waals surface area contributed by atoms with Gasteiger partial charge in [0.15, 0.2) is 0 Å². The van der Waals surface area contributed by atoms with E-state index in [0.29, 0.717) is 29.5 Å². The van der Waals surface area contributed by atoms with Crippen molar-refractivity contribution in [3.63, 3.8) is 0 Å². The molecule has 1 unspecified atom stereocenters. The van der Waals surface area contributed by atoms with Crippen molar-refractivity contribution in [2.24, 2.45) is 11.7 Å². The molecular weight excluding hydrogens is 262 g/mol. The van der Waals surface area contributed by atoms with E-state index in [-0.39, 0.29) is 11.9 Å². The second-order valence-electron chi connectivity index (χ2n) is 4.28. The molecule has 0 aromatic carbocycles. The Morgan fingerprint density at radius 2 is 2.32 bits per heavy atom. The smallest absolute Gasteiger partial charge is 0.341 e. The molecule has 0 aliphatic rings. The van der Waals surface area contributed by atoms with Crippen molar-refractivity contribution in [1.82, 2.24) is 4.98 Å². The maximum Gasteiger partial charge on any atom is 0.341 e. The third-order valence-corrected chi connectivity index (χ3v) is 3.08. The Morgan fingerprint density at radius 3 is 2.89 bits per heavy atom.